The van der Waals surface area contributed by atoms with Crippen molar-refractivity contribution >= 4 is 48.2 Å². The van der Waals surface area contributed by atoms with Gasteiger partial charge in [-0.3, -0.25) is 24.4 Å². The normalized spacial score (nSPS) is 17.4. The van der Waals surface area contributed by atoms with Crippen molar-refractivity contribution < 1.29 is 24.3 Å². The number of carbonyl (C=O) groups is 4. The molecule has 16 heteroatoms. The van der Waals surface area contributed by atoms with Gasteiger partial charge < -0.3 is 49.3 Å². The summed E-state index contributed by atoms with van der Waals surface area (Å²) in [5.74, 6) is -3.11. The van der Waals surface area contributed by atoms with E-state index < -0.39 is 42.0 Å². The van der Waals surface area contributed by atoms with E-state index in [1.807, 2.05) is 0 Å². The van der Waals surface area contributed by atoms with Crippen molar-refractivity contribution in [3.63, 3.8) is 0 Å². The lowest BCUT2D eigenvalue weighted by atomic mass is 10.1. The van der Waals surface area contributed by atoms with Crippen molar-refractivity contribution in [1.29, 1.82) is 0 Å². The molecule has 0 aromatic rings. The summed E-state index contributed by atoms with van der Waals surface area (Å²) >= 11 is 4.11. The second kappa shape index (κ2) is 15.7. The van der Waals surface area contributed by atoms with Crippen LogP contribution in [0.5, 0.6) is 0 Å². The second-order valence-electron chi connectivity index (χ2n) is 8.34. The van der Waals surface area contributed by atoms with Gasteiger partial charge in [-0.25, -0.2) is 4.79 Å². The first kappa shape index (κ1) is 30.8. The molecule has 0 aliphatic carbocycles. The highest BCUT2D eigenvalue weighted by Gasteiger charge is 2.37. The summed E-state index contributed by atoms with van der Waals surface area (Å²) in [6, 6.07) is -3.93. The molecule has 0 saturated carbocycles. The molecule has 0 aromatic heterocycles. The molecule has 15 nitrogen and oxygen atoms in total. The highest BCUT2D eigenvalue weighted by molar-refractivity contribution is 7.80. The molecule has 1 heterocycles. The summed E-state index contributed by atoms with van der Waals surface area (Å²) in [5, 5.41) is 14.4. The molecule has 13 N–H and O–H groups in total. The number of likely N-dealkylation sites (tertiary alicyclic amines) is 1. The van der Waals surface area contributed by atoms with Crippen LogP contribution in [-0.2, 0) is 19.2 Å². The van der Waals surface area contributed by atoms with Gasteiger partial charge in [-0.1, -0.05) is 0 Å². The van der Waals surface area contributed by atoms with Crippen LogP contribution in [0.3, 0.4) is 0 Å². The Kier molecular flexibility index (Phi) is 13.4. The monoisotopic (exact) mass is 530 g/mol. The molecule has 1 aliphatic rings. The SMILES string of the molecule is NC(N)=NCCCC(N)C(=O)N1CCCC1C(=O)NC(CS)C(=O)NC(CCCN=C(N)N)C(=O)O. The van der Waals surface area contributed by atoms with E-state index in [4.69, 9.17) is 28.7 Å². The summed E-state index contributed by atoms with van der Waals surface area (Å²) in [6.07, 6.45) is 2.23. The fraction of sp³-hybridized carbons (Fsp3) is 0.700. The molecule has 0 bridgehead atoms. The second-order valence-corrected chi connectivity index (χ2v) is 8.70. The number of guanidine groups is 2. The van der Waals surface area contributed by atoms with Crippen LogP contribution in [-0.4, -0.2) is 95.2 Å². The third kappa shape index (κ3) is 10.6. The average Bonchev–Trinajstić information content (AvgIpc) is 3.30. The molecule has 3 amide bonds. The summed E-state index contributed by atoms with van der Waals surface area (Å²) in [4.78, 5) is 59.0. The smallest absolute Gasteiger partial charge is 0.326 e. The van der Waals surface area contributed by atoms with Crippen LogP contribution in [0.2, 0.25) is 0 Å². The highest BCUT2D eigenvalue weighted by Crippen LogP contribution is 2.19. The Balaban J connectivity index is 2.70. The molecule has 1 fully saturated rings. The first-order chi connectivity index (χ1) is 17.0. The topological polar surface area (TPSA) is 271 Å². The fourth-order valence-electron chi connectivity index (χ4n) is 3.65. The van der Waals surface area contributed by atoms with Crippen molar-refractivity contribution in [2.45, 2.75) is 62.7 Å². The van der Waals surface area contributed by atoms with Crippen LogP contribution in [0.15, 0.2) is 9.98 Å². The van der Waals surface area contributed by atoms with Crippen LogP contribution in [0.4, 0.5) is 0 Å². The average molecular weight is 531 g/mol. The van der Waals surface area contributed by atoms with Gasteiger partial charge in [0.15, 0.2) is 11.9 Å². The van der Waals surface area contributed by atoms with Gasteiger partial charge >= 0.3 is 5.97 Å². The molecule has 0 aromatic carbocycles. The lowest BCUT2D eigenvalue weighted by Crippen LogP contribution is -2.57. The van der Waals surface area contributed by atoms with Crippen LogP contribution in [0.1, 0.15) is 38.5 Å². The van der Waals surface area contributed by atoms with E-state index in [2.05, 4.69) is 33.2 Å². The molecule has 1 aliphatic heterocycles. The van der Waals surface area contributed by atoms with Gasteiger partial charge in [0.1, 0.15) is 18.1 Å². The summed E-state index contributed by atoms with van der Waals surface area (Å²) in [6.45, 7) is 0.890. The molecular weight excluding hydrogens is 492 g/mol. The van der Waals surface area contributed by atoms with Gasteiger partial charge in [0, 0.05) is 25.4 Å². The number of nitrogens with one attached hydrogen (secondary N) is 2. The van der Waals surface area contributed by atoms with Crippen LogP contribution in [0, 0.1) is 0 Å². The molecule has 4 unspecified atom stereocenters. The third-order valence-electron chi connectivity index (χ3n) is 5.50. The minimum Gasteiger partial charge on any atom is -0.480 e. The number of hydrogen-bond donors (Lipinski definition) is 9. The minimum absolute atomic E-state index is 0.0467. The first-order valence-corrected chi connectivity index (χ1v) is 12.2. The standard InChI is InChI=1S/C20H38N10O5S/c21-11(4-1-7-26-19(22)23)17(33)30-9-3-6-14(30)16(32)29-13(10-36)15(31)28-12(18(34)35)5-2-8-27-20(24)25/h11-14,36H,1-10,21H2,(H,28,31)(H,29,32)(H,34,35)(H4,22,23,26)(H4,24,25,27). The van der Waals surface area contributed by atoms with Gasteiger partial charge in [0.2, 0.25) is 17.7 Å². The number of nitrogens with two attached hydrogens (primary N) is 5. The van der Waals surface area contributed by atoms with Crippen molar-refractivity contribution in [3.8, 4) is 0 Å². The number of amides is 3. The number of aliphatic carboxylic acids is 1. The summed E-state index contributed by atoms with van der Waals surface area (Å²) in [5.41, 5.74) is 27.0. The maximum absolute atomic E-state index is 12.9. The highest BCUT2D eigenvalue weighted by atomic mass is 32.1. The van der Waals surface area contributed by atoms with Crippen LogP contribution < -0.4 is 39.3 Å². The fourth-order valence-corrected chi connectivity index (χ4v) is 3.91. The van der Waals surface area contributed by atoms with Gasteiger partial charge in [-0.15, -0.1) is 0 Å². The largest absolute Gasteiger partial charge is 0.480 e. The Labute approximate surface area is 215 Å². The van der Waals surface area contributed by atoms with Crippen molar-refractivity contribution in [2.24, 2.45) is 38.7 Å². The van der Waals surface area contributed by atoms with Gasteiger partial charge in [0.25, 0.3) is 0 Å². The number of hydrogen-bond acceptors (Lipinski definition) is 8. The van der Waals surface area contributed by atoms with E-state index in [9.17, 15) is 24.3 Å². The number of nitrogens with zero attached hydrogens (tertiary/aromatic N) is 3. The van der Waals surface area contributed by atoms with Crippen molar-refractivity contribution in [1.82, 2.24) is 15.5 Å². The van der Waals surface area contributed by atoms with E-state index in [1.54, 1.807) is 0 Å². The van der Waals surface area contributed by atoms with Gasteiger partial charge in [0.05, 0.1) is 6.04 Å². The molecule has 204 valence electrons. The lowest BCUT2D eigenvalue weighted by molar-refractivity contribution is -0.143. The number of rotatable bonds is 15. The van der Waals surface area contributed by atoms with E-state index in [0.29, 0.717) is 45.2 Å². The zero-order chi connectivity index (χ0) is 27.3. The van der Waals surface area contributed by atoms with Crippen molar-refractivity contribution in [3.05, 3.63) is 0 Å². The quantitative estimate of drug-likeness (QED) is 0.0434. The Hall–Kier alpha value is -3.27. The zero-order valence-corrected chi connectivity index (χ0v) is 21.0. The Bertz CT molecular complexity index is 832. The lowest BCUT2D eigenvalue weighted by Gasteiger charge is -2.28. The van der Waals surface area contributed by atoms with Gasteiger partial charge in [-0.05, 0) is 38.5 Å². The van der Waals surface area contributed by atoms with E-state index in [1.165, 1.54) is 4.90 Å². The number of aliphatic imine (C=N–C) groups is 2. The maximum atomic E-state index is 12.9. The molecule has 1 saturated heterocycles. The summed E-state index contributed by atoms with van der Waals surface area (Å²) < 4.78 is 0. The minimum atomic E-state index is -1.24. The Morgan fingerprint density at radius 1 is 0.972 bits per heavy atom. The van der Waals surface area contributed by atoms with Crippen LogP contribution in [0.25, 0.3) is 0 Å². The number of carbonyl (C=O) groups excluding carboxylic acids is 3. The first-order valence-electron chi connectivity index (χ1n) is 11.6. The van der Waals surface area contributed by atoms with E-state index >= 15 is 0 Å². The molecular formula is C20H38N10O5S. The number of carboxylic acids is 1. The van der Waals surface area contributed by atoms with Crippen molar-refractivity contribution in [2.75, 3.05) is 25.4 Å². The number of carboxylic acid groups (broad SMARTS) is 1. The Morgan fingerprint density at radius 2 is 1.56 bits per heavy atom. The predicted octanol–water partition coefficient (Wildman–Crippen LogP) is -3.60. The third-order valence-corrected chi connectivity index (χ3v) is 5.86. The molecule has 1 rings (SSSR count). The molecule has 4 atom stereocenters. The summed E-state index contributed by atoms with van der Waals surface area (Å²) in [7, 11) is 0. The van der Waals surface area contributed by atoms with Gasteiger partial charge in [-0.2, -0.15) is 12.6 Å². The zero-order valence-electron chi connectivity index (χ0n) is 20.1. The predicted molar refractivity (Wildman–Crippen MR) is 138 cm³/mol. The number of thiol groups is 1. The molecule has 0 spiro atoms. The Morgan fingerprint density at radius 3 is 2.08 bits per heavy atom. The van der Waals surface area contributed by atoms with E-state index in [-0.39, 0.29) is 36.5 Å². The maximum Gasteiger partial charge on any atom is 0.326 e. The van der Waals surface area contributed by atoms with Crippen LogP contribution >= 0.6 is 12.6 Å². The molecule has 36 heavy (non-hydrogen) atoms. The van der Waals surface area contributed by atoms with E-state index in [0.717, 1.165) is 0 Å². The molecule has 0 radical (unpaired) electrons.